The summed E-state index contributed by atoms with van der Waals surface area (Å²) in [6.07, 6.45) is 4.29. The van der Waals surface area contributed by atoms with Crippen molar-refractivity contribution in [2.75, 3.05) is 37.7 Å². The van der Waals surface area contributed by atoms with Crippen molar-refractivity contribution in [3.63, 3.8) is 0 Å². The molecule has 26 heavy (non-hydrogen) atoms. The van der Waals surface area contributed by atoms with Crippen molar-refractivity contribution in [2.24, 2.45) is 5.92 Å². The van der Waals surface area contributed by atoms with Gasteiger partial charge < -0.3 is 19.3 Å². The van der Waals surface area contributed by atoms with Crippen LogP contribution < -0.4 is 9.64 Å². The second kappa shape index (κ2) is 8.19. The Morgan fingerprint density at radius 1 is 1.12 bits per heavy atom. The summed E-state index contributed by atoms with van der Waals surface area (Å²) in [5, 5.41) is 0. The molecule has 2 saturated heterocycles. The highest BCUT2D eigenvalue weighted by Gasteiger charge is 2.27. The molecule has 5 heteroatoms. The summed E-state index contributed by atoms with van der Waals surface area (Å²) in [5.74, 6) is 1.44. The normalized spacial score (nSPS) is 18.9. The third-order valence-electron chi connectivity index (χ3n) is 5.04. The maximum absolute atomic E-state index is 12.1. The van der Waals surface area contributed by atoms with Gasteiger partial charge in [0.25, 0.3) is 0 Å². The molecule has 1 amide bonds. The molecule has 2 aliphatic heterocycles. The van der Waals surface area contributed by atoms with Gasteiger partial charge >= 0.3 is 6.09 Å². The Kier molecular flexibility index (Phi) is 5.94. The minimum Gasteiger partial charge on any atom is -0.493 e. The number of rotatable bonds is 4. The summed E-state index contributed by atoms with van der Waals surface area (Å²) < 4.78 is 11.5. The number of ether oxygens (including phenoxy) is 2. The minimum atomic E-state index is -0.433. The van der Waals surface area contributed by atoms with Gasteiger partial charge in [-0.25, -0.2) is 4.79 Å². The van der Waals surface area contributed by atoms with Crippen molar-refractivity contribution in [3.8, 4) is 5.75 Å². The van der Waals surface area contributed by atoms with Crippen LogP contribution in [0.15, 0.2) is 24.3 Å². The molecule has 0 saturated carbocycles. The number of benzene rings is 1. The molecule has 0 atom stereocenters. The Hall–Kier alpha value is -1.91. The molecule has 5 nitrogen and oxygen atoms in total. The summed E-state index contributed by atoms with van der Waals surface area (Å²) in [4.78, 5) is 16.4. The van der Waals surface area contributed by atoms with Gasteiger partial charge in [-0.1, -0.05) is 6.07 Å². The highest BCUT2D eigenvalue weighted by Crippen LogP contribution is 2.26. The number of hydrogen-bond acceptors (Lipinski definition) is 4. The lowest BCUT2D eigenvalue weighted by atomic mass is 9.98. The number of carbonyl (C=O) groups is 1. The van der Waals surface area contributed by atoms with Crippen molar-refractivity contribution in [1.82, 2.24) is 4.90 Å². The molecule has 0 spiro atoms. The molecule has 1 aromatic carbocycles. The van der Waals surface area contributed by atoms with E-state index in [9.17, 15) is 4.79 Å². The molecule has 2 aliphatic rings. The Labute approximate surface area is 157 Å². The third-order valence-corrected chi connectivity index (χ3v) is 5.04. The molecule has 0 unspecified atom stereocenters. The van der Waals surface area contributed by atoms with Crippen LogP contribution in [0.1, 0.15) is 46.5 Å². The topological polar surface area (TPSA) is 42.0 Å². The summed E-state index contributed by atoms with van der Waals surface area (Å²) in [6.45, 7) is 10.2. The van der Waals surface area contributed by atoms with Gasteiger partial charge in [-0.05, 0) is 64.5 Å². The van der Waals surface area contributed by atoms with E-state index in [1.807, 2.05) is 31.7 Å². The average Bonchev–Trinajstić information content (AvgIpc) is 3.14. The van der Waals surface area contributed by atoms with E-state index in [4.69, 9.17) is 9.47 Å². The fourth-order valence-corrected chi connectivity index (χ4v) is 3.57. The zero-order chi connectivity index (χ0) is 18.6. The van der Waals surface area contributed by atoms with Crippen LogP contribution in [0, 0.1) is 5.92 Å². The standard InChI is InChI=1S/C21H32N2O3/c1-21(2,3)26-20(24)23-13-9-17(10-14-23)16-25-19-8-6-7-18(15-19)22-11-4-5-12-22/h6-8,15,17H,4-5,9-14,16H2,1-3H3. The maximum Gasteiger partial charge on any atom is 0.410 e. The van der Waals surface area contributed by atoms with E-state index >= 15 is 0 Å². The summed E-state index contributed by atoms with van der Waals surface area (Å²) in [7, 11) is 0. The van der Waals surface area contributed by atoms with E-state index in [1.54, 1.807) is 0 Å². The molecule has 0 aromatic heterocycles. The van der Waals surface area contributed by atoms with Gasteiger partial charge in [-0.2, -0.15) is 0 Å². The first-order valence-electron chi connectivity index (χ1n) is 9.86. The average molecular weight is 360 g/mol. The Morgan fingerprint density at radius 3 is 2.46 bits per heavy atom. The van der Waals surface area contributed by atoms with E-state index in [1.165, 1.54) is 18.5 Å². The van der Waals surface area contributed by atoms with Gasteiger partial charge in [0, 0.05) is 37.9 Å². The smallest absolute Gasteiger partial charge is 0.410 e. The first kappa shape index (κ1) is 18.9. The maximum atomic E-state index is 12.1. The largest absolute Gasteiger partial charge is 0.493 e. The lowest BCUT2D eigenvalue weighted by molar-refractivity contribution is 0.0165. The lowest BCUT2D eigenvalue weighted by Gasteiger charge is -2.33. The van der Waals surface area contributed by atoms with Crippen LogP contribution in [-0.2, 0) is 4.74 Å². The Balaban J connectivity index is 1.44. The van der Waals surface area contributed by atoms with Crippen molar-refractivity contribution < 1.29 is 14.3 Å². The minimum absolute atomic E-state index is 0.199. The quantitative estimate of drug-likeness (QED) is 0.802. The molecular formula is C21H32N2O3. The molecule has 3 rings (SSSR count). The Bertz CT molecular complexity index is 598. The van der Waals surface area contributed by atoms with E-state index < -0.39 is 5.60 Å². The molecule has 0 bridgehead atoms. The van der Waals surface area contributed by atoms with Crippen LogP contribution in [0.4, 0.5) is 10.5 Å². The molecule has 2 fully saturated rings. The fraction of sp³-hybridized carbons (Fsp3) is 0.667. The summed E-state index contributed by atoms with van der Waals surface area (Å²) >= 11 is 0. The second-order valence-corrected chi connectivity index (χ2v) is 8.41. The number of piperidine rings is 1. The van der Waals surface area contributed by atoms with Crippen molar-refractivity contribution in [1.29, 1.82) is 0 Å². The van der Waals surface area contributed by atoms with Gasteiger partial charge in [-0.15, -0.1) is 0 Å². The molecule has 144 valence electrons. The molecular weight excluding hydrogens is 328 g/mol. The first-order valence-corrected chi connectivity index (χ1v) is 9.86. The number of likely N-dealkylation sites (tertiary alicyclic amines) is 1. The van der Waals surface area contributed by atoms with Crippen LogP contribution in [0.25, 0.3) is 0 Å². The monoisotopic (exact) mass is 360 g/mol. The van der Waals surface area contributed by atoms with Crippen LogP contribution in [0.5, 0.6) is 5.75 Å². The van der Waals surface area contributed by atoms with E-state index in [2.05, 4.69) is 23.1 Å². The third kappa shape index (κ3) is 5.29. The zero-order valence-corrected chi connectivity index (χ0v) is 16.4. The van der Waals surface area contributed by atoms with Gasteiger partial charge in [-0.3, -0.25) is 0 Å². The fourth-order valence-electron chi connectivity index (χ4n) is 3.57. The van der Waals surface area contributed by atoms with E-state index in [-0.39, 0.29) is 6.09 Å². The number of amides is 1. The van der Waals surface area contributed by atoms with E-state index in [0.29, 0.717) is 12.5 Å². The number of anilines is 1. The van der Waals surface area contributed by atoms with Gasteiger partial charge in [0.05, 0.1) is 6.61 Å². The predicted molar refractivity (Wildman–Crippen MR) is 104 cm³/mol. The van der Waals surface area contributed by atoms with Gasteiger partial charge in [0.2, 0.25) is 0 Å². The van der Waals surface area contributed by atoms with Crippen molar-refractivity contribution >= 4 is 11.8 Å². The highest BCUT2D eigenvalue weighted by atomic mass is 16.6. The zero-order valence-electron chi connectivity index (χ0n) is 16.4. The first-order chi connectivity index (χ1) is 12.4. The summed E-state index contributed by atoms with van der Waals surface area (Å²) in [5.41, 5.74) is 0.831. The number of carbonyl (C=O) groups excluding carboxylic acids is 1. The van der Waals surface area contributed by atoms with Gasteiger partial charge in [0.1, 0.15) is 11.4 Å². The van der Waals surface area contributed by atoms with Gasteiger partial charge in [0.15, 0.2) is 0 Å². The SMILES string of the molecule is CC(C)(C)OC(=O)N1CCC(COc2cccc(N3CCCC3)c2)CC1. The van der Waals surface area contributed by atoms with E-state index in [0.717, 1.165) is 44.8 Å². The molecule has 1 aromatic rings. The molecule has 0 N–H and O–H groups in total. The molecule has 2 heterocycles. The van der Waals surface area contributed by atoms with Crippen LogP contribution in [0.3, 0.4) is 0 Å². The highest BCUT2D eigenvalue weighted by molar-refractivity contribution is 5.68. The van der Waals surface area contributed by atoms with Crippen LogP contribution >= 0.6 is 0 Å². The van der Waals surface area contributed by atoms with Crippen molar-refractivity contribution in [2.45, 2.75) is 52.1 Å². The van der Waals surface area contributed by atoms with Crippen LogP contribution in [-0.4, -0.2) is 49.4 Å². The molecule has 0 aliphatic carbocycles. The predicted octanol–water partition coefficient (Wildman–Crippen LogP) is 4.31. The molecule has 0 radical (unpaired) electrons. The number of hydrogen-bond donors (Lipinski definition) is 0. The summed E-state index contributed by atoms with van der Waals surface area (Å²) in [6, 6.07) is 8.43. The number of nitrogens with zero attached hydrogens (tertiary/aromatic N) is 2. The van der Waals surface area contributed by atoms with Crippen molar-refractivity contribution in [3.05, 3.63) is 24.3 Å². The van der Waals surface area contributed by atoms with Crippen LogP contribution in [0.2, 0.25) is 0 Å². The lowest BCUT2D eigenvalue weighted by Crippen LogP contribution is -2.42. The second-order valence-electron chi connectivity index (χ2n) is 8.41. The Morgan fingerprint density at radius 2 is 1.81 bits per heavy atom.